The summed E-state index contributed by atoms with van der Waals surface area (Å²) in [6, 6.07) is 33.2. The summed E-state index contributed by atoms with van der Waals surface area (Å²) in [5.74, 6) is -0.267. The Bertz CT molecular complexity index is 1270. The molecule has 34 heavy (non-hydrogen) atoms. The number of carbonyl (C=O) groups is 1. The van der Waals surface area contributed by atoms with E-state index in [-0.39, 0.29) is 11.7 Å². The van der Waals surface area contributed by atoms with Crippen molar-refractivity contribution in [1.29, 1.82) is 0 Å². The van der Waals surface area contributed by atoms with Gasteiger partial charge in [-0.1, -0.05) is 91.0 Å². The van der Waals surface area contributed by atoms with Crippen molar-refractivity contribution in [2.45, 2.75) is 6.61 Å². The number of halogens is 2. The molecule has 5 heteroatoms. The van der Waals surface area contributed by atoms with Crippen LogP contribution in [0.3, 0.4) is 0 Å². The second-order valence-electron chi connectivity index (χ2n) is 7.62. The van der Waals surface area contributed by atoms with Crippen LogP contribution in [0.15, 0.2) is 109 Å². The molecular weight excluding hydrogens is 432 g/mol. The zero-order chi connectivity index (χ0) is 23.9. The molecule has 0 saturated heterocycles. The third-order valence-electron chi connectivity index (χ3n) is 5.42. The third-order valence-corrected chi connectivity index (χ3v) is 5.42. The van der Waals surface area contributed by atoms with Crippen molar-refractivity contribution in [1.82, 2.24) is 0 Å². The molecule has 0 spiro atoms. The van der Waals surface area contributed by atoms with Crippen molar-refractivity contribution >= 4 is 23.2 Å². The normalized spacial score (nSPS) is 11.4. The molecule has 0 bridgehead atoms. The van der Waals surface area contributed by atoms with Crippen LogP contribution in [0.1, 0.15) is 11.1 Å². The predicted molar refractivity (Wildman–Crippen MR) is 133 cm³/mol. The van der Waals surface area contributed by atoms with Gasteiger partial charge in [-0.05, 0) is 41.0 Å². The van der Waals surface area contributed by atoms with E-state index in [1.807, 2.05) is 84.9 Å². The van der Waals surface area contributed by atoms with Gasteiger partial charge in [0.15, 0.2) is 0 Å². The summed E-state index contributed by atoms with van der Waals surface area (Å²) < 4.78 is 30.6. The first-order valence-electron chi connectivity index (χ1n) is 10.8. The molecule has 4 aromatic carbocycles. The number of ether oxygens (including phenoxy) is 1. The summed E-state index contributed by atoms with van der Waals surface area (Å²) in [6.45, 7) is -2.97. The van der Waals surface area contributed by atoms with E-state index in [0.717, 1.165) is 16.8 Å². The van der Waals surface area contributed by atoms with Gasteiger partial charge in [0.1, 0.15) is 5.75 Å². The van der Waals surface area contributed by atoms with E-state index < -0.39 is 6.61 Å². The lowest BCUT2D eigenvalue weighted by molar-refractivity contribution is -0.113. The average Bonchev–Trinajstić information content (AvgIpc) is 2.88. The smallest absolute Gasteiger partial charge is 0.387 e. The number of likely N-dealkylation sites (N-methyl/N-ethyl adjacent to an activating group) is 1. The van der Waals surface area contributed by atoms with Gasteiger partial charge in [0.25, 0.3) is 5.91 Å². The molecule has 0 aliphatic rings. The number of rotatable bonds is 7. The molecule has 0 unspecified atom stereocenters. The first-order chi connectivity index (χ1) is 16.5. The first-order valence-corrected chi connectivity index (χ1v) is 10.8. The Kier molecular flexibility index (Phi) is 7.13. The van der Waals surface area contributed by atoms with E-state index in [0.29, 0.717) is 16.7 Å². The minimum atomic E-state index is -2.97. The van der Waals surface area contributed by atoms with E-state index in [1.165, 1.54) is 11.0 Å². The highest BCUT2D eigenvalue weighted by Crippen LogP contribution is 2.30. The molecule has 0 aromatic heterocycles. The Hall–Kier alpha value is -4.25. The number of hydrogen-bond donors (Lipinski definition) is 0. The van der Waals surface area contributed by atoms with Gasteiger partial charge in [0.05, 0.1) is 0 Å². The summed E-state index contributed by atoms with van der Waals surface area (Å²) in [7, 11) is 1.69. The molecule has 0 radical (unpaired) electrons. The lowest BCUT2D eigenvalue weighted by Gasteiger charge is -2.20. The summed E-state index contributed by atoms with van der Waals surface area (Å²) in [4.78, 5) is 15.1. The predicted octanol–water partition coefficient (Wildman–Crippen LogP) is 7.16. The molecule has 170 valence electrons. The highest BCUT2D eigenvalue weighted by molar-refractivity contribution is 6.30. The second-order valence-corrected chi connectivity index (χ2v) is 7.62. The highest BCUT2D eigenvalue weighted by atomic mass is 19.3. The van der Waals surface area contributed by atoms with E-state index in [4.69, 9.17) is 0 Å². The van der Waals surface area contributed by atoms with Gasteiger partial charge in [-0.2, -0.15) is 8.78 Å². The Morgan fingerprint density at radius 1 is 0.765 bits per heavy atom. The summed E-state index contributed by atoms with van der Waals surface area (Å²) in [6.07, 6.45) is 1.59. The van der Waals surface area contributed by atoms with Crippen molar-refractivity contribution in [2.75, 3.05) is 11.9 Å². The van der Waals surface area contributed by atoms with Crippen molar-refractivity contribution < 1.29 is 18.3 Å². The molecule has 0 heterocycles. The van der Waals surface area contributed by atoms with Crippen LogP contribution in [0.2, 0.25) is 0 Å². The first kappa shape index (κ1) is 22.9. The molecule has 0 aliphatic heterocycles. The van der Waals surface area contributed by atoms with Gasteiger partial charge < -0.3 is 9.64 Å². The fourth-order valence-electron chi connectivity index (χ4n) is 3.65. The van der Waals surface area contributed by atoms with E-state index >= 15 is 0 Å². The largest absolute Gasteiger partial charge is 0.434 e. The highest BCUT2D eigenvalue weighted by Gasteiger charge is 2.19. The second kappa shape index (κ2) is 10.6. The molecule has 1 amide bonds. The molecule has 0 N–H and O–H groups in total. The maximum Gasteiger partial charge on any atom is 0.387 e. The van der Waals surface area contributed by atoms with Crippen LogP contribution in [0.5, 0.6) is 5.75 Å². The van der Waals surface area contributed by atoms with Gasteiger partial charge in [0.2, 0.25) is 0 Å². The number of nitrogens with zero attached hydrogens (tertiary/aromatic N) is 1. The molecule has 0 fully saturated rings. The lowest BCUT2D eigenvalue weighted by atomic mass is 9.97. The maximum absolute atomic E-state index is 13.6. The minimum absolute atomic E-state index is 0.00562. The number of carbonyl (C=O) groups excluding carboxylic acids is 1. The molecule has 3 nitrogen and oxygen atoms in total. The number of hydrogen-bond acceptors (Lipinski definition) is 2. The average molecular weight is 456 g/mol. The number of alkyl halides is 2. The zero-order valence-corrected chi connectivity index (χ0v) is 18.6. The van der Waals surface area contributed by atoms with Crippen LogP contribution in [-0.4, -0.2) is 19.6 Å². The SMILES string of the molecule is CN(C(=O)C(=Cc1ccccc1OC(F)F)c1ccc(-c2ccccc2)cc1)c1ccccc1. The van der Waals surface area contributed by atoms with Crippen LogP contribution in [0.4, 0.5) is 14.5 Å². The molecule has 0 saturated carbocycles. The van der Waals surface area contributed by atoms with Crippen LogP contribution in [0.25, 0.3) is 22.8 Å². The monoisotopic (exact) mass is 455 g/mol. The van der Waals surface area contributed by atoms with Gasteiger partial charge in [-0.25, -0.2) is 0 Å². The Balaban J connectivity index is 1.77. The Labute approximate surface area is 197 Å². The molecule has 0 atom stereocenters. The molecule has 4 aromatic rings. The summed E-state index contributed by atoms with van der Waals surface area (Å²) >= 11 is 0. The topological polar surface area (TPSA) is 29.5 Å². The van der Waals surface area contributed by atoms with Gasteiger partial charge in [-0.15, -0.1) is 0 Å². The van der Waals surface area contributed by atoms with Gasteiger partial charge in [0, 0.05) is 23.9 Å². The maximum atomic E-state index is 13.6. The summed E-state index contributed by atoms with van der Waals surface area (Å²) in [5, 5.41) is 0. The quantitative estimate of drug-likeness (QED) is 0.219. The van der Waals surface area contributed by atoms with Crippen LogP contribution in [0, 0.1) is 0 Å². The molecule has 4 rings (SSSR count). The van der Waals surface area contributed by atoms with E-state index in [1.54, 1.807) is 31.3 Å². The fraction of sp³-hybridized carbons (Fsp3) is 0.0690. The standard InChI is InChI=1S/C29H23F2NO2/c1-32(25-13-6-3-7-14-25)28(33)26(20-24-12-8-9-15-27(24)34-29(30)31)23-18-16-22(17-19-23)21-10-4-2-5-11-21/h2-20,29H,1H3. The van der Waals surface area contributed by atoms with E-state index in [2.05, 4.69) is 4.74 Å². The summed E-state index contributed by atoms with van der Waals surface area (Å²) in [5.41, 5.74) is 4.20. The fourth-order valence-corrected chi connectivity index (χ4v) is 3.65. The molecular formula is C29H23F2NO2. The van der Waals surface area contributed by atoms with Crippen LogP contribution < -0.4 is 9.64 Å². The number of anilines is 1. The van der Waals surface area contributed by atoms with Crippen molar-refractivity contribution in [3.63, 3.8) is 0 Å². The van der Waals surface area contributed by atoms with Gasteiger partial charge in [-0.3, -0.25) is 4.79 Å². The number of amides is 1. The van der Waals surface area contributed by atoms with Crippen LogP contribution >= 0.6 is 0 Å². The van der Waals surface area contributed by atoms with E-state index in [9.17, 15) is 13.6 Å². The van der Waals surface area contributed by atoms with Gasteiger partial charge >= 0.3 is 6.61 Å². The number of para-hydroxylation sites is 2. The van der Waals surface area contributed by atoms with Crippen molar-refractivity contribution in [3.8, 4) is 16.9 Å². The van der Waals surface area contributed by atoms with Crippen molar-refractivity contribution in [2.24, 2.45) is 0 Å². The minimum Gasteiger partial charge on any atom is -0.434 e. The Morgan fingerprint density at radius 3 is 1.97 bits per heavy atom. The lowest BCUT2D eigenvalue weighted by Crippen LogP contribution is -2.27. The zero-order valence-electron chi connectivity index (χ0n) is 18.6. The number of benzene rings is 4. The van der Waals surface area contributed by atoms with Crippen LogP contribution in [-0.2, 0) is 4.79 Å². The molecule has 0 aliphatic carbocycles. The third kappa shape index (κ3) is 5.38. The van der Waals surface area contributed by atoms with Crippen molar-refractivity contribution in [3.05, 3.63) is 120 Å². The Morgan fingerprint density at radius 2 is 1.32 bits per heavy atom.